The zero-order chi connectivity index (χ0) is 20.7. The van der Waals surface area contributed by atoms with Gasteiger partial charge >= 0.3 is 11.9 Å². The fourth-order valence-corrected chi connectivity index (χ4v) is 3.11. The molecule has 0 bridgehead atoms. The van der Waals surface area contributed by atoms with E-state index in [2.05, 4.69) is 17.2 Å². The first-order valence-electron chi connectivity index (χ1n) is 9.07. The molecule has 1 unspecified atom stereocenters. The van der Waals surface area contributed by atoms with Crippen molar-refractivity contribution >= 4 is 29.9 Å². The van der Waals surface area contributed by atoms with Crippen LogP contribution in [0.15, 0.2) is 35.2 Å². The van der Waals surface area contributed by atoms with Gasteiger partial charge in [-0.05, 0) is 25.0 Å². The number of aliphatic carboxylic acids is 1. The van der Waals surface area contributed by atoms with Gasteiger partial charge in [-0.25, -0.2) is 14.1 Å². The summed E-state index contributed by atoms with van der Waals surface area (Å²) in [6.45, 7) is 2.45. The lowest BCUT2D eigenvalue weighted by Crippen LogP contribution is -2.45. The number of quaternary nitrogens is 1. The maximum absolute atomic E-state index is 12.5. The van der Waals surface area contributed by atoms with Crippen LogP contribution in [0, 0.1) is 0 Å². The maximum atomic E-state index is 12.5. The first kappa shape index (κ1) is 21.1. The van der Waals surface area contributed by atoms with Gasteiger partial charge in [-0.1, -0.05) is 25.8 Å². The molecule has 5 N–H and O–H groups in total. The third kappa shape index (κ3) is 5.17. The number of rotatable bonds is 10. The number of anilines is 1. The summed E-state index contributed by atoms with van der Waals surface area (Å²) < 4.78 is -0.00260. The van der Waals surface area contributed by atoms with Gasteiger partial charge in [0, 0.05) is 5.69 Å². The number of aromatic carboxylic acids is 1. The molecule has 28 heavy (non-hydrogen) atoms. The Morgan fingerprint density at radius 1 is 1.18 bits per heavy atom. The fraction of sp³-hybridized carbons (Fsp3) is 0.368. The van der Waals surface area contributed by atoms with Crippen LogP contribution in [0.25, 0.3) is 0 Å². The Kier molecular flexibility index (Phi) is 6.89. The summed E-state index contributed by atoms with van der Waals surface area (Å²) in [4.78, 5) is 39.4. The van der Waals surface area contributed by atoms with Gasteiger partial charge in [0.15, 0.2) is 18.7 Å². The highest BCUT2D eigenvalue weighted by Crippen LogP contribution is 2.20. The summed E-state index contributed by atoms with van der Waals surface area (Å²) in [6.07, 6.45) is 6.99. The summed E-state index contributed by atoms with van der Waals surface area (Å²) >= 11 is 0. The minimum Gasteiger partial charge on any atom is -0.478 e. The van der Waals surface area contributed by atoms with E-state index in [9.17, 15) is 24.6 Å². The van der Waals surface area contributed by atoms with Crippen molar-refractivity contribution in [3.8, 4) is 0 Å². The second kappa shape index (κ2) is 9.14. The number of amides is 1. The van der Waals surface area contributed by atoms with E-state index in [1.807, 2.05) is 0 Å². The Balaban J connectivity index is 2.19. The summed E-state index contributed by atoms with van der Waals surface area (Å²) in [5.41, 5.74) is 5.28. The lowest BCUT2D eigenvalue weighted by Gasteiger charge is -2.25. The van der Waals surface area contributed by atoms with Crippen molar-refractivity contribution in [1.82, 2.24) is 5.32 Å². The standard InChI is InChI=1S/C19H24N4O5/c1-2-3-4-5-9-23(11-16(24)25)10-15(21-12-23)22-18(26)13-7-6-8-14(20)17(13)19(27)28/h6-8,10,12H,2-5,9,11,20H2,1H3,(H2-,22,24,25,26,27,28)/p+1. The number of carbonyl (C=O) groups excluding carboxylic acids is 1. The summed E-state index contributed by atoms with van der Waals surface area (Å²) in [7, 11) is 0. The third-order valence-electron chi connectivity index (χ3n) is 4.46. The van der Waals surface area contributed by atoms with E-state index in [0.717, 1.165) is 25.7 Å². The Morgan fingerprint density at radius 2 is 1.93 bits per heavy atom. The molecule has 1 aromatic rings. The number of nitrogen functional groups attached to an aromatic ring is 1. The molecule has 0 aliphatic carbocycles. The topological polar surface area (TPSA) is 142 Å². The van der Waals surface area contributed by atoms with Crippen molar-refractivity contribution in [1.29, 1.82) is 0 Å². The van der Waals surface area contributed by atoms with Crippen LogP contribution >= 0.6 is 0 Å². The molecule has 2 rings (SSSR count). The number of unbranched alkanes of at least 4 members (excludes halogenated alkanes) is 3. The number of carbonyl (C=O) groups is 3. The van der Waals surface area contributed by atoms with E-state index in [-0.39, 0.29) is 33.7 Å². The van der Waals surface area contributed by atoms with Gasteiger partial charge in [0.2, 0.25) is 0 Å². The second-order valence-corrected chi connectivity index (χ2v) is 6.73. The van der Waals surface area contributed by atoms with Crippen molar-refractivity contribution < 1.29 is 29.1 Å². The van der Waals surface area contributed by atoms with Crippen LogP contribution in [-0.4, -0.2) is 52.0 Å². The van der Waals surface area contributed by atoms with Gasteiger partial charge in [-0.2, -0.15) is 4.99 Å². The molecule has 1 aromatic carbocycles. The van der Waals surface area contributed by atoms with Crippen LogP contribution in [-0.2, 0) is 4.79 Å². The summed E-state index contributed by atoms with van der Waals surface area (Å²) in [5, 5.41) is 21.1. The quantitative estimate of drug-likeness (QED) is 0.274. The highest BCUT2D eigenvalue weighted by Gasteiger charge is 2.33. The SMILES string of the molecule is CCCCCC[N+]1(CC(=O)O)C=NC(NC(=O)c2cccc(N)c2C(=O)O)=C1. The van der Waals surface area contributed by atoms with Gasteiger partial charge in [0.25, 0.3) is 5.91 Å². The number of nitrogens with one attached hydrogen (secondary N) is 1. The van der Waals surface area contributed by atoms with Crippen molar-refractivity contribution in [2.45, 2.75) is 32.6 Å². The molecule has 0 saturated heterocycles. The maximum Gasteiger partial charge on any atom is 0.360 e. The number of benzene rings is 1. The van der Waals surface area contributed by atoms with Crippen LogP contribution < -0.4 is 11.1 Å². The molecule has 0 spiro atoms. The van der Waals surface area contributed by atoms with Crippen LogP contribution in [0.1, 0.15) is 53.3 Å². The zero-order valence-electron chi connectivity index (χ0n) is 15.7. The molecular formula is C19H25N4O5+. The van der Waals surface area contributed by atoms with E-state index in [1.165, 1.54) is 24.5 Å². The lowest BCUT2D eigenvalue weighted by molar-refractivity contribution is -0.771. The third-order valence-corrected chi connectivity index (χ3v) is 4.46. The molecule has 1 atom stereocenters. The molecule has 1 aliphatic rings. The predicted molar refractivity (Wildman–Crippen MR) is 104 cm³/mol. The highest BCUT2D eigenvalue weighted by molar-refractivity contribution is 6.08. The van der Waals surface area contributed by atoms with Crippen molar-refractivity contribution in [3.63, 3.8) is 0 Å². The van der Waals surface area contributed by atoms with E-state index in [4.69, 9.17) is 5.73 Å². The van der Waals surface area contributed by atoms with Crippen LogP contribution in [0.2, 0.25) is 0 Å². The number of hydrogen-bond acceptors (Lipinski definition) is 5. The molecule has 1 aliphatic heterocycles. The lowest BCUT2D eigenvalue weighted by atomic mass is 10.0. The molecule has 0 radical (unpaired) electrons. The predicted octanol–water partition coefficient (Wildman–Crippen LogP) is 2.02. The Hall–Kier alpha value is -3.20. The molecule has 0 saturated carbocycles. The monoisotopic (exact) mass is 389 g/mol. The average Bonchev–Trinajstić information content (AvgIpc) is 3.00. The number of carboxylic acids is 2. The van der Waals surface area contributed by atoms with E-state index >= 15 is 0 Å². The van der Waals surface area contributed by atoms with Gasteiger partial charge in [0.1, 0.15) is 6.20 Å². The number of hydrogen-bond donors (Lipinski definition) is 4. The van der Waals surface area contributed by atoms with Crippen LogP contribution in [0.5, 0.6) is 0 Å². The molecule has 0 fully saturated rings. The van der Waals surface area contributed by atoms with Gasteiger partial charge in [-0.15, -0.1) is 0 Å². The Bertz CT molecular complexity index is 834. The molecule has 1 amide bonds. The van der Waals surface area contributed by atoms with Gasteiger partial charge in [-0.3, -0.25) is 4.79 Å². The largest absolute Gasteiger partial charge is 0.478 e. The number of nitrogens with two attached hydrogens (primary N) is 1. The minimum atomic E-state index is -1.31. The van der Waals surface area contributed by atoms with E-state index in [0.29, 0.717) is 6.54 Å². The molecule has 150 valence electrons. The molecular weight excluding hydrogens is 364 g/mol. The van der Waals surface area contributed by atoms with E-state index < -0.39 is 17.8 Å². The first-order valence-corrected chi connectivity index (χ1v) is 9.07. The number of carboxylic acid groups (broad SMARTS) is 2. The molecule has 9 heteroatoms. The normalized spacial score (nSPS) is 18.0. The van der Waals surface area contributed by atoms with E-state index in [1.54, 1.807) is 6.20 Å². The average molecular weight is 389 g/mol. The van der Waals surface area contributed by atoms with Gasteiger partial charge in [0.05, 0.1) is 17.7 Å². The van der Waals surface area contributed by atoms with Crippen molar-refractivity contribution in [2.24, 2.45) is 4.99 Å². The number of aliphatic imine (C=N–C) groups is 1. The Labute approximate surface area is 162 Å². The van der Waals surface area contributed by atoms with Crippen molar-refractivity contribution in [3.05, 3.63) is 41.3 Å². The van der Waals surface area contributed by atoms with Crippen LogP contribution in [0.3, 0.4) is 0 Å². The molecule has 0 aromatic heterocycles. The summed E-state index contributed by atoms with van der Waals surface area (Å²) in [6, 6.07) is 4.25. The highest BCUT2D eigenvalue weighted by atomic mass is 16.4. The second-order valence-electron chi connectivity index (χ2n) is 6.73. The van der Waals surface area contributed by atoms with Gasteiger partial charge < -0.3 is 21.3 Å². The smallest absolute Gasteiger partial charge is 0.360 e. The summed E-state index contributed by atoms with van der Waals surface area (Å²) in [5.74, 6) is -2.77. The Morgan fingerprint density at radius 3 is 2.57 bits per heavy atom. The minimum absolute atomic E-state index is 0.00260. The molecule has 1 heterocycles. The first-order chi connectivity index (χ1) is 13.3. The fourth-order valence-electron chi connectivity index (χ4n) is 3.11. The van der Waals surface area contributed by atoms with Crippen LogP contribution in [0.4, 0.5) is 5.69 Å². The zero-order valence-corrected chi connectivity index (χ0v) is 15.7. The van der Waals surface area contributed by atoms with Crippen molar-refractivity contribution in [2.75, 3.05) is 18.8 Å². The number of nitrogens with zero attached hydrogens (tertiary/aromatic N) is 2. The molecule has 9 nitrogen and oxygen atoms in total.